The molecule has 6 rings (SSSR count). The van der Waals surface area contributed by atoms with Gasteiger partial charge in [0.15, 0.2) is 0 Å². The zero-order valence-electron chi connectivity index (χ0n) is 30.3. The maximum Gasteiger partial charge on any atom is 0.259 e. The lowest BCUT2D eigenvalue weighted by Gasteiger charge is -2.48. The summed E-state index contributed by atoms with van der Waals surface area (Å²) in [6.07, 6.45) is 9.07. The number of aliphatic imine (C=N–C) groups is 1. The fourth-order valence-electron chi connectivity index (χ4n) is 6.90. The third kappa shape index (κ3) is 7.48. The van der Waals surface area contributed by atoms with Crippen molar-refractivity contribution in [2.24, 2.45) is 10.7 Å². The quantitative estimate of drug-likeness (QED) is 0.293. The van der Waals surface area contributed by atoms with Gasteiger partial charge in [-0.2, -0.15) is 0 Å². The van der Waals surface area contributed by atoms with Crippen molar-refractivity contribution in [3.63, 3.8) is 0 Å². The molecule has 0 spiro atoms. The van der Waals surface area contributed by atoms with Crippen molar-refractivity contribution in [1.29, 1.82) is 0 Å². The largest absolute Gasteiger partial charge is 0.404 e. The van der Waals surface area contributed by atoms with E-state index in [-0.39, 0.29) is 35.7 Å². The maximum atomic E-state index is 13.4. The summed E-state index contributed by atoms with van der Waals surface area (Å²) in [5.74, 6) is -0.721. The van der Waals surface area contributed by atoms with Gasteiger partial charge in [0, 0.05) is 43.1 Å². The summed E-state index contributed by atoms with van der Waals surface area (Å²) in [6, 6.07) is 8.90. The second kappa shape index (κ2) is 17.4. The Morgan fingerprint density at radius 2 is 1.67 bits per heavy atom. The molecule has 0 radical (unpaired) electrons. The van der Waals surface area contributed by atoms with E-state index in [0.29, 0.717) is 37.2 Å². The van der Waals surface area contributed by atoms with Crippen LogP contribution < -0.4 is 16.0 Å². The van der Waals surface area contributed by atoms with Gasteiger partial charge in [0.05, 0.1) is 11.7 Å². The summed E-state index contributed by atoms with van der Waals surface area (Å²) in [6.45, 7) is 13.4. The second-order valence-corrected chi connectivity index (χ2v) is 12.1. The van der Waals surface area contributed by atoms with Gasteiger partial charge < -0.3 is 10.6 Å². The number of carbonyl (C=O) groups excluding carboxylic acids is 4. The van der Waals surface area contributed by atoms with Crippen molar-refractivity contribution >= 4 is 46.3 Å². The number of amides is 4. The molecule has 4 aliphatic rings. The molecule has 3 fully saturated rings. The van der Waals surface area contributed by atoms with Crippen LogP contribution in [-0.2, 0) is 20.8 Å². The smallest absolute Gasteiger partial charge is 0.259 e. The summed E-state index contributed by atoms with van der Waals surface area (Å²) in [5, 5.41) is 4.11. The number of nitrogens with one attached hydrogen (secondary N) is 1. The lowest BCUT2D eigenvalue weighted by atomic mass is 9.74. The number of hydrogen-bond donors (Lipinski definition) is 2. The van der Waals surface area contributed by atoms with Crippen LogP contribution in [0.2, 0.25) is 0 Å². The first kappa shape index (κ1) is 38.4. The molecular weight excluding hydrogens is 604 g/mol. The highest BCUT2D eigenvalue weighted by Crippen LogP contribution is 2.41. The molecule has 3 aliphatic heterocycles. The highest BCUT2D eigenvalue weighted by molar-refractivity contribution is 6.27. The standard InChI is InChI=1S/C32H38N6O4.3C2H6/c1-36(2)32(13-4-14-32)31(42)37-15-11-22(12-16-37)34-19-20(18-33)17-21-7-8-25-28-23(21)5-3-6-24(28)30(41)38(25)26-9-10-27(39)35-29(26)40;3*1-2/h3,5-8,18-19,22,26H,4,9-17,33H2,1-2H3,(H,35,39,40);3*1-2H3/b20-18-,34-19?;;;. The molecule has 2 aromatic rings. The van der Waals surface area contributed by atoms with E-state index in [0.717, 1.165) is 54.0 Å². The molecule has 48 heavy (non-hydrogen) atoms. The molecule has 10 nitrogen and oxygen atoms in total. The number of carbonyl (C=O) groups is 4. The van der Waals surface area contributed by atoms with Gasteiger partial charge in [-0.15, -0.1) is 0 Å². The van der Waals surface area contributed by atoms with E-state index in [2.05, 4.69) is 10.2 Å². The van der Waals surface area contributed by atoms with Crippen molar-refractivity contribution in [2.45, 2.75) is 111 Å². The zero-order chi connectivity index (χ0) is 35.6. The fraction of sp³-hybridized carbons (Fsp3) is 0.553. The van der Waals surface area contributed by atoms with Crippen molar-refractivity contribution in [2.75, 3.05) is 32.1 Å². The molecule has 2 saturated heterocycles. The molecule has 3 N–H and O–H groups in total. The highest BCUT2D eigenvalue weighted by Gasteiger charge is 2.48. The number of anilines is 1. The second-order valence-electron chi connectivity index (χ2n) is 12.1. The van der Waals surface area contributed by atoms with Crippen LogP contribution in [-0.4, -0.2) is 84.5 Å². The lowest BCUT2D eigenvalue weighted by molar-refractivity contribution is -0.150. The van der Waals surface area contributed by atoms with Crippen molar-refractivity contribution in [1.82, 2.24) is 15.1 Å². The Labute approximate surface area is 286 Å². The summed E-state index contributed by atoms with van der Waals surface area (Å²) >= 11 is 0. The van der Waals surface area contributed by atoms with E-state index in [4.69, 9.17) is 10.7 Å². The first-order chi connectivity index (χ1) is 23.2. The number of likely N-dealkylation sites (tertiary alicyclic amines) is 1. The minimum absolute atomic E-state index is 0.133. The van der Waals surface area contributed by atoms with E-state index >= 15 is 0 Å². The molecule has 4 amide bonds. The number of piperidine rings is 2. The zero-order valence-corrected chi connectivity index (χ0v) is 30.3. The van der Waals surface area contributed by atoms with Gasteiger partial charge >= 0.3 is 0 Å². The average Bonchev–Trinajstić information content (AvgIpc) is 3.38. The molecule has 1 saturated carbocycles. The van der Waals surface area contributed by atoms with Crippen LogP contribution >= 0.6 is 0 Å². The number of benzene rings is 2. The lowest BCUT2D eigenvalue weighted by Crippen LogP contribution is -2.62. The number of nitrogens with zero attached hydrogens (tertiary/aromatic N) is 4. The molecule has 1 aliphatic carbocycles. The van der Waals surface area contributed by atoms with Gasteiger partial charge in [0.25, 0.3) is 5.91 Å². The van der Waals surface area contributed by atoms with Gasteiger partial charge in [-0.05, 0) is 87.5 Å². The van der Waals surface area contributed by atoms with Gasteiger partial charge in [0.2, 0.25) is 17.7 Å². The third-order valence-electron chi connectivity index (χ3n) is 9.59. The van der Waals surface area contributed by atoms with Crippen molar-refractivity contribution in [3.8, 4) is 0 Å². The molecular formula is C38H56N6O4. The topological polar surface area (TPSA) is 128 Å². The monoisotopic (exact) mass is 660 g/mol. The van der Waals surface area contributed by atoms with Crippen LogP contribution in [0, 0.1) is 0 Å². The number of nitrogens with two attached hydrogens (primary N) is 1. The average molecular weight is 661 g/mol. The summed E-state index contributed by atoms with van der Waals surface area (Å²) in [4.78, 5) is 61.5. The molecule has 262 valence electrons. The maximum absolute atomic E-state index is 13.4. The van der Waals surface area contributed by atoms with E-state index in [1.54, 1.807) is 12.3 Å². The van der Waals surface area contributed by atoms with Gasteiger partial charge in [-0.1, -0.05) is 59.7 Å². The predicted octanol–water partition coefficient (Wildman–Crippen LogP) is 5.62. The number of allylic oxidation sites excluding steroid dienone is 1. The van der Waals surface area contributed by atoms with Crippen LogP contribution in [0.3, 0.4) is 0 Å². The van der Waals surface area contributed by atoms with Crippen molar-refractivity contribution < 1.29 is 19.2 Å². The molecule has 0 aromatic heterocycles. The Morgan fingerprint density at radius 3 is 2.23 bits per heavy atom. The Hall–Kier alpha value is -4.05. The van der Waals surface area contributed by atoms with E-state index in [9.17, 15) is 19.2 Å². The number of hydrogen-bond acceptors (Lipinski definition) is 7. The highest BCUT2D eigenvalue weighted by atomic mass is 16.2. The Morgan fingerprint density at radius 1 is 1.00 bits per heavy atom. The molecule has 1 atom stereocenters. The molecule has 2 aromatic carbocycles. The molecule has 1 unspecified atom stereocenters. The van der Waals surface area contributed by atoms with Crippen LogP contribution in [0.15, 0.2) is 47.1 Å². The van der Waals surface area contributed by atoms with E-state index in [1.165, 1.54) is 4.90 Å². The summed E-state index contributed by atoms with van der Waals surface area (Å²) < 4.78 is 0. The van der Waals surface area contributed by atoms with Gasteiger partial charge in [0.1, 0.15) is 11.6 Å². The minimum atomic E-state index is -0.716. The SMILES string of the molecule is CC.CC.CC.CN(C)C1(C(=O)N2CCC(N=C/C(=C\N)Cc3ccc4c5c(cccc35)C(=O)N4C3CCC(=O)NC3=O)CC2)CCC1. The molecule has 10 heteroatoms. The number of rotatable bonds is 7. The number of imide groups is 1. The third-order valence-corrected chi connectivity index (χ3v) is 9.59. The van der Waals surface area contributed by atoms with E-state index in [1.807, 2.05) is 91.0 Å². The van der Waals surface area contributed by atoms with Crippen LogP contribution in [0.4, 0.5) is 5.69 Å². The number of likely N-dealkylation sites (N-methyl/N-ethyl adjacent to an activating group) is 1. The Bertz CT molecular complexity index is 1520. The Balaban J connectivity index is 0.000000987. The first-order valence-electron chi connectivity index (χ1n) is 17.9. The molecule has 0 bridgehead atoms. The van der Waals surface area contributed by atoms with Gasteiger partial charge in [-0.3, -0.25) is 39.3 Å². The van der Waals surface area contributed by atoms with Crippen LogP contribution in [0.5, 0.6) is 0 Å². The van der Waals surface area contributed by atoms with Crippen LogP contribution in [0.25, 0.3) is 10.8 Å². The predicted molar refractivity (Wildman–Crippen MR) is 195 cm³/mol. The van der Waals surface area contributed by atoms with Crippen molar-refractivity contribution in [3.05, 3.63) is 53.2 Å². The minimum Gasteiger partial charge on any atom is -0.404 e. The van der Waals surface area contributed by atoms with E-state index < -0.39 is 11.9 Å². The summed E-state index contributed by atoms with van der Waals surface area (Å²) in [7, 11) is 4.01. The first-order valence-corrected chi connectivity index (χ1v) is 17.9. The van der Waals surface area contributed by atoms with Crippen LogP contribution in [0.1, 0.15) is 102 Å². The Kier molecular flexibility index (Phi) is 13.9. The fourth-order valence-corrected chi connectivity index (χ4v) is 6.90. The van der Waals surface area contributed by atoms with Gasteiger partial charge in [-0.25, -0.2) is 0 Å². The molecule has 3 heterocycles. The normalized spacial score (nSPS) is 20.3. The summed E-state index contributed by atoms with van der Waals surface area (Å²) in [5.41, 5.74) is 8.82.